The minimum absolute atomic E-state index is 1.69. The predicted molar refractivity (Wildman–Crippen MR) is 28.0 cm³/mol. The van der Waals surface area contributed by atoms with Gasteiger partial charge < -0.3 is 4.74 Å². The summed E-state index contributed by atoms with van der Waals surface area (Å²) >= 11 is 0. The first kappa shape index (κ1) is 5.92. The molecule has 1 heteroatoms. The predicted octanol–water partition coefficient (Wildman–Crippen LogP) is 0.965. The average molecular weight is 94.1 g/mol. The Morgan fingerprint density at radius 2 is 1.43 bits per heavy atom. The van der Waals surface area contributed by atoms with E-state index in [1.807, 2.05) is 0 Å². The molecule has 0 N–H and O–H groups in total. The van der Waals surface area contributed by atoms with Crippen molar-refractivity contribution < 1.29 is 4.74 Å². The molecule has 7 heavy (non-hydrogen) atoms. The highest BCUT2D eigenvalue weighted by atomic mass is 16.5. The monoisotopic (exact) mass is 94.0 g/mol. The van der Waals surface area contributed by atoms with Crippen molar-refractivity contribution in [3.63, 3.8) is 0 Å². The van der Waals surface area contributed by atoms with Gasteiger partial charge in [-0.15, -0.1) is 0 Å². The Labute approximate surface area is 43.7 Å². The summed E-state index contributed by atoms with van der Waals surface area (Å²) in [5.41, 5.74) is 0. The first-order chi connectivity index (χ1) is 3.41. The summed E-state index contributed by atoms with van der Waals surface area (Å²) in [7, 11) is 0. The highest BCUT2D eigenvalue weighted by molar-refractivity contribution is 4.94. The fraction of sp³-hybridized carbons (Fsp3) is 0.333. The molecular weight excluding hydrogens is 88.1 g/mol. The standard InChI is InChI=1S/C6H6O/c1-3-5-7-6-4-2/h1-2H3. The first-order valence-electron chi connectivity index (χ1n) is 1.91. The normalized spacial score (nSPS) is 4.29. The molecule has 36 valence electrons. The van der Waals surface area contributed by atoms with Gasteiger partial charge >= 0.3 is 0 Å². The molecule has 0 aliphatic rings. The van der Waals surface area contributed by atoms with Crippen LogP contribution in [0.5, 0.6) is 0 Å². The third-order valence-electron chi connectivity index (χ3n) is 0.306. The van der Waals surface area contributed by atoms with E-state index >= 15 is 0 Å². The minimum atomic E-state index is 1.69. The summed E-state index contributed by atoms with van der Waals surface area (Å²) in [5.74, 6) is 5.06. The molecule has 0 heterocycles. The molecule has 0 spiro atoms. The second-order valence-corrected chi connectivity index (χ2v) is 0.806. The van der Waals surface area contributed by atoms with Crippen LogP contribution < -0.4 is 0 Å². The Hall–Kier alpha value is -1.08. The zero-order valence-electron chi connectivity index (χ0n) is 4.41. The van der Waals surface area contributed by atoms with Gasteiger partial charge in [-0.2, -0.15) is 0 Å². The molecule has 0 aromatic rings. The number of rotatable bonds is 0. The topological polar surface area (TPSA) is 9.23 Å². The molecule has 0 bridgehead atoms. The van der Waals surface area contributed by atoms with E-state index in [1.54, 1.807) is 13.8 Å². The van der Waals surface area contributed by atoms with E-state index in [0.717, 1.165) is 0 Å². The van der Waals surface area contributed by atoms with Gasteiger partial charge in [0.2, 0.25) is 0 Å². The molecule has 0 atom stereocenters. The van der Waals surface area contributed by atoms with Crippen LogP contribution in [0, 0.1) is 24.1 Å². The molecule has 0 rings (SSSR count). The van der Waals surface area contributed by atoms with Gasteiger partial charge in [0.1, 0.15) is 12.2 Å². The van der Waals surface area contributed by atoms with Crippen LogP contribution in [-0.2, 0) is 4.74 Å². The lowest BCUT2D eigenvalue weighted by molar-refractivity contribution is 0.478. The van der Waals surface area contributed by atoms with Crippen LogP contribution >= 0.6 is 0 Å². The van der Waals surface area contributed by atoms with Gasteiger partial charge in [0.15, 0.2) is 0 Å². The van der Waals surface area contributed by atoms with Gasteiger partial charge in [-0.1, -0.05) is 11.8 Å². The van der Waals surface area contributed by atoms with Gasteiger partial charge in [0.25, 0.3) is 0 Å². The zero-order chi connectivity index (χ0) is 5.54. The molecule has 0 aliphatic heterocycles. The Bertz CT molecular complexity index is 119. The maximum Gasteiger partial charge on any atom is 0.129 e. The van der Waals surface area contributed by atoms with Crippen LogP contribution in [0.2, 0.25) is 0 Å². The van der Waals surface area contributed by atoms with Crippen LogP contribution in [0.25, 0.3) is 0 Å². The molecule has 0 aromatic carbocycles. The van der Waals surface area contributed by atoms with E-state index < -0.39 is 0 Å². The lowest BCUT2D eigenvalue weighted by Gasteiger charge is -1.69. The van der Waals surface area contributed by atoms with Crippen molar-refractivity contribution in [2.24, 2.45) is 0 Å². The molecule has 0 aliphatic carbocycles. The molecule has 0 radical (unpaired) electrons. The first-order valence-corrected chi connectivity index (χ1v) is 1.91. The van der Waals surface area contributed by atoms with Gasteiger partial charge in [-0.3, -0.25) is 0 Å². The van der Waals surface area contributed by atoms with Gasteiger partial charge in [0, 0.05) is 13.8 Å². The van der Waals surface area contributed by atoms with E-state index in [4.69, 9.17) is 0 Å². The van der Waals surface area contributed by atoms with Crippen molar-refractivity contribution in [1.82, 2.24) is 0 Å². The van der Waals surface area contributed by atoms with Crippen LogP contribution in [0.4, 0.5) is 0 Å². The van der Waals surface area contributed by atoms with E-state index in [0.29, 0.717) is 0 Å². The van der Waals surface area contributed by atoms with E-state index in [-0.39, 0.29) is 0 Å². The van der Waals surface area contributed by atoms with Crippen molar-refractivity contribution in [2.45, 2.75) is 13.8 Å². The van der Waals surface area contributed by atoms with E-state index in [9.17, 15) is 0 Å². The fourth-order valence-corrected chi connectivity index (χ4v) is 0.128. The fourth-order valence-electron chi connectivity index (χ4n) is 0.128. The molecule has 1 nitrogen and oxygen atoms in total. The van der Waals surface area contributed by atoms with Gasteiger partial charge in [-0.25, -0.2) is 0 Å². The summed E-state index contributed by atoms with van der Waals surface area (Å²) < 4.78 is 4.41. The van der Waals surface area contributed by atoms with Crippen molar-refractivity contribution in [1.29, 1.82) is 0 Å². The second-order valence-electron chi connectivity index (χ2n) is 0.806. The summed E-state index contributed by atoms with van der Waals surface area (Å²) in [4.78, 5) is 0. The number of ether oxygens (including phenoxy) is 1. The van der Waals surface area contributed by atoms with Gasteiger partial charge in [-0.05, 0) is 0 Å². The Morgan fingerprint density at radius 1 is 1.00 bits per heavy atom. The molecular formula is C6H6O. The summed E-state index contributed by atoms with van der Waals surface area (Å²) in [6.45, 7) is 3.38. The van der Waals surface area contributed by atoms with Crippen molar-refractivity contribution >= 4 is 0 Å². The summed E-state index contributed by atoms with van der Waals surface area (Å²) in [5, 5.41) is 0. The Balaban J connectivity index is 3.21. The largest absolute Gasteiger partial charge is 0.357 e. The summed E-state index contributed by atoms with van der Waals surface area (Å²) in [6.07, 6.45) is 4.65. The summed E-state index contributed by atoms with van der Waals surface area (Å²) in [6, 6.07) is 0. The van der Waals surface area contributed by atoms with Crippen LogP contribution in [-0.4, -0.2) is 0 Å². The molecule has 0 saturated heterocycles. The molecule has 0 unspecified atom stereocenters. The van der Waals surface area contributed by atoms with E-state index in [1.165, 1.54) is 0 Å². The number of hydrogen-bond donors (Lipinski definition) is 0. The lowest BCUT2D eigenvalue weighted by atomic mass is 10.8. The van der Waals surface area contributed by atoms with Crippen molar-refractivity contribution in [2.75, 3.05) is 0 Å². The Morgan fingerprint density at radius 3 is 1.71 bits per heavy atom. The zero-order valence-corrected chi connectivity index (χ0v) is 4.41. The van der Waals surface area contributed by atoms with Crippen molar-refractivity contribution in [3.05, 3.63) is 0 Å². The third kappa shape index (κ3) is 4.92. The highest BCUT2D eigenvalue weighted by Crippen LogP contribution is 1.59. The third-order valence-corrected chi connectivity index (χ3v) is 0.306. The SMILES string of the molecule is CC#COC#CC. The second kappa shape index (κ2) is 4.92. The maximum absolute atomic E-state index is 4.41. The molecule has 0 amide bonds. The highest BCUT2D eigenvalue weighted by Gasteiger charge is 1.54. The quantitative estimate of drug-likeness (QED) is 0.406. The lowest BCUT2D eigenvalue weighted by Crippen LogP contribution is -1.61. The van der Waals surface area contributed by atoms with Gasteiger partial charge in [0.05, 0.1) is 0 Å². The number of hydrogen-bond acceptors (Lipinski definition) is 1. The van der Waals surface area contributed by atoms with E-state index in [2.05, 4.69) is 28.8 Å². The smallest absolute Gasteiger partial charge is 0.129 e. The average Bonchev–Trinajstić information content (AvgIpc) is 1.69. The maximum atomic E-state index is 4.41. The Kier molecular flexibility index (Phi) is 4.16. The van der Waals surface area contributed by atoms with Crippen LogP contribution in [0.3, 0.4) is 0 Å². The van der Waals surface area contributed by atoms with Crippen LogP contribution in [0.15, 0.2) is 0 Å². The van der Waals surface area contributed by atoms with Crippen molar-refractivity contribution in [3.8, 4) is 24.1 Å². The molecule has 0 aromatic heterocycles. The molecule has 0 saturated carbocycles. The minimum Gasteiger partial charge on any atom is -0.357 e. The van der Waals surface area contributed by atoms with Crippen LogP contribution in [0.1, 0.15) is 13.8 Å². The molecule has 0 fully saturated rings.